The zero-order valence-electron chi connectivity index (χ0n) is 6.82. The number of hydrogen-bond acceptors (Lipinski definition) is 4. The van der Waals surface area contributed by atoms with E-state index in [2.05, 4.69) is 17.8 Å². The molecule has 7 heteroatoms. The quantitative estimate of drug-likeness (QED) is 0.565. The van der Waals surface area contributed by atoms with Gasteiger partial charge in [0.05, 0.1) is 5.52 Å². The normalized spacial score (nSPS) is 12.1. The van der Waals surface area contributed by atoms with Crippen LogP contribution < -0.4 is 0 Å². The van der Waals surface area contributed by atoms with E-state index in [0.717, 1.165) is 0 Å². The summed E-state index contributed by atoms with van der Waals surface area (Å²) in [5, 5.41) is 0. The Morgan fingerprint density at radius 3 is 2.79 bits per heavy atom. The number of imidazole rings is 1. The molecule has 1 aromatic carbocycles. The minimum absolute atomic E-state index is 0.206. The van der Waals surface area contributed by atoms with E-state index in [4.69, 9.17) is 4.55 Å². The van der Waals surface area contributed by atoms with Crippen molar-refractivity contribution in [2.45, 2.75) is 4.90 Å². The summed E-state index contributed by atoms with van der Waals surface area (Å²) in [5.41, 5.74) is 0.744. The van der Waals surface area contributed by atoms with Gasteiger partial charge in [0.25, 0.3) is 10.1 Å². The van der Waals surface area contributed by atoms with E-state index in [1.165, 1.54) is 22.4 Å². The molecule has 0 aliphatic carbocycles. The first-order valence-electron chi connectivity index (χ1n) is 3.63. The van der Waals surface area contributed by atoms with Gasteiger partial charge in [-0.2, -0.15) is 8.42 Å². The molecule has 2 rings (SSSR count). The number of rotatable bonds is 1. The van der Waals surface area contributed by atoms with Gasteiger partial charge in [0.1, 0.15) is 16.7 Å². The second-order valence-corrected chi connectivity index (χ2v) is 4.51. The predicted molar refractivity (Wildman–Crippen MR) is 53.9 cm³/mol. The summed E-state index contributed by atoms with van der Waals surface area (Å²) < 4.78 is 32.1. The van der Waals surface area contributed by atoms with E-state index >= 15 is 0 Å². The average Bonchev–Trinajstić information content (AvgIpc) is 2.46. The number of fused-ring (bicyclic) bond motifs is 1. The third-order valence-corrected chi connectivity index (χ3v) is 3.00. The highest BCUT2D eigenvalue weighted by Gasteiger charge is 2.15. The summed E-state index contributed by atoms with van der Waals surface area (Å²) >= 11 is 4.02. The second kappa shape index (κ2) is 2.97. The Morgan fingerprint density at radius 1 is 1.43 bits per heavy atom. The Hall–Kier alpha value is -1.05. The summed E-state index contributed by atoms with van der Waals surface area (Å²) in [4.78, 5) is 3.63. The summed E-state index contributed by atoms with van der Waals surface area (Å²) in [5.74, 6) is 0. The van der Waals surface area contributed by atoms with Crippen LogP contribution in [0.5, 0.6) is 0 Å². The second-order valence-electron chi connectivity index (χ2n) is 2.69. The third kappa shape index (κ3) is 1.39. The molecule has 0 atom stereocenters. The molecule has 1 aromatic heterocycles. The van der Waals surface area contributed by atoms with Gasteiger partial charge in [0.2, 0.25) is 0 Å². The zero-order valence-corrected chi connectivity index (χ0v) is 8.53. The molecule has 0 fully saturated rings. The summed E-state index contributed by atoms with van der Waals surface area (Å²) in [6.45, 7) is 0. The molecular formula is C7H6N2O3S2. The van der Waals surface area contributed by atoms with Crippen molar-refractivity contribution in [3.8, 4) is 0 Å². The van der Waals surface area contributed by atoms with Crippen molar-refractivity contribution in [2.75, 3.05) is 0 Å². The molecule has 1 heterocycles. The SMILES string of the molecule is O=S(=O)(O)c1cccc2c1ncn2S. The largest absolute Gasteiger partial charge is 0.296 e. The van der Waals surface area contributed by atoms with Gasteiger partial charge < -0.3 is 0 Å². The number of aromatic nitrogens is 2. The van der Waals surface area contributed by atoms with Gasteiger partial charge in [-0.05, 0) is 12.1 Å². The van der Waals surface area contributed by atoms with E-state index in [9.17, 15) is 8.42 Å². The first-order valence-corrected chi connectivity index (χ1v) is 5.47. The molecule has 0 aliphatic rings. The lowest BCUT2D eigenvalue weighted by atomic mass is 10.3. The lowest BCUT2D eigenvalue weighted by Gasteiger charge is -1.97. The average molecular weight is 230 g/mol. The molecule has 0 aliphatic heterocycles. The Bertz CT molecular complexity index is 588. The van der Waals surface area contributed by atoms with Crippen LogP contribution >= 0.6 is 12.8 Å². The fraction of sp³-hybridized carbons (Fsp3) is 0. The molecule has 2 aromatic rings. The van der Waals surface area contributed by atoms with Crippen molar-refractivity contribution in [3.05, 3.63) is 24.5 Å². The molecule has 5 nitrogen and oxygen atoms in total. The summed E-state index contributed by atoms with van der Waals surface area (Å²) in [7, 11) is -4.23. The molecule has 0 bridgehead atoms. The highest BCUT2D eigenvalue weighted by molar-refractivity contribution is 7.86. The molecule has 1 N–H and O–H groups in total. The van der Waals surface area contributed by atoms with E-state index in [1.54, 1.807) is 6.07 Å². The van der Waals surface area contributed by atoms with Crippen LogP contribution in [-0.4, -0.2) is 21.9 Å². The Labute approximate surface area is 85.7 Å². The summed E-state index contributed by atoms with van der Waals surface area (Å²) in [6, 6.07) is 4.46. The van der Waals surface area contributed by atoms with Crippen molar-refractivity contribution >= 4 is 34.0 Å². The van der Waals surface area contributed by atoms with E-state index in [-0.39, 0.29) is 10.4 Å². The zero-order chi connectivity index (χ0) is 10.3. The fourth-order valence-corrected chi connectivity index (χ4v) is 2.07. The van der Waals surface area contributed by atoms with Crippen LogP contribution in [0.25, 0.3) is 11.0 Å². The number of hydrogen-bond donors (Lipinski definition) is 2. The van der Waals surface area contributed by atoms with E-state index < -0.39 is 10.1 Å². The maximum Gasteiger partial charge on any atom is 0.296 e. The molecule has 0 saturated heterocycles. The lowest BCUT2D eigenvalue weighted by molar-refractivity contribution is 0.484. The van der Waals surface area contributed by atoms with Gasteiger partial charge in [-0.1, -0.05) is 18.9 Å². The maximum absolute atomic E-state index is 10.9. The minimum Gasteiger partial charge on any atom is -0.282 e. The van der Waals surface area contributed by atoms with Crippen molar-refractivity contribution < 1.29 is 13.0 Å². The predicted octanol–water partition coefficient (Wildman–Crippen LogP) is 0.976. The standard InChI is InChI=1S/C7H6N2O3S2/c10-14(11,12)6-3-1-2-5-7(6)8-4-9(5)13/h1-4,13H,(H,10,11,12). The van der Waals surface area contributed by atoms with Gasteiger partial charge in [-0.25, -0.2) is 4.98 Å². The van der Waals surface area contributed by atoms with Gasteiger partial charge in [-0.15, -0.1) is 0 Å². The highest BCUT2D eigenvalue weighted by Crippen LogP contribution is 2.21. The summed E-state index contributed by atoms with van der Waals surface area (Å²) in [6.07, 6.45) is 1.36. The molecule has 0 spiro atoms. The molecule has 0 amide bonds. The monoisotopic (exact) mass is 230 g/mol. The minimum atomic E-state index is -4.23. The van der Waals surface area contributed by atoms with Crippen molar-refractivity contribution in [1.29, 1.82) is 0 Å². The molecule has 0 unspecified atom stereocenters. The van der Waals surface area contributed by atoms with Crippen molar-refractivity contribution in [2.24, 2.45) is 0 Å². The lowest BCUT2D eigenvalue weighted by Crippen LogP contribution is -1.98. The number of benzene rings is 1. The van der Waals surface area contributed by atoms with Crippen LogP contribution in [0.2, 0.25) is 0 Å². The van der Waals surface area contributed by atoms with Crippen LogP contribution in [0.15, 0.2) is 29.4 Å². The van der Waals surface area contributed by atoms with Gasteiger partial charge in [0.15, 0.2) is 0 Å². The van der Waals surface area contributed by atoms with Gasteiger partial charge >= 0.3 is 0 Å². The maximum atomic E-state index is 10.9. The fourth-order valence-electron chi connectivity index (χ4n) is 1.21. The number of para-hydroxylation sites is 1. The Morgan fingerprint density at radius 2 is 2.14 bits per heavy atom. The van der Waals surface area contributed by atoms with Crippen molar-refractivity contribution in [1.82, 2.24) is 8.96 Å². The number of nitrogens with zero attached hydrogens (tertiary/aromatic N) is 2. The molecular weight excluding hydrogens is 224 g/mol. The number of thiol groups is 1. The first-order chi connectivity index (χ1) is 6.50. The molecule has 14 heavy (non-hydrogen) atoms. The van der Waals surface area contributed by atoms with Crippen LogP contribution in [0.4, 0.5) is 0 Å². The molecule has 0 saturated carbocycles. The topological polar surface area (TPSA) is 72.2 Å². The van der Waals surface area contributed by atoms with E-state index in [1.807, 2.05) is 0 Å². The third-order valence-electron chi connectivity index (χ3n) is 1.80. The van der Waals surface area contributed by atoms with Gasteiger partial charge in [0, 0.05) is 0 Å². The van der Waals surface area contributed by atoms with Crippen molar-refractivity contribution in [3.63, 3.8) is 0 Å². The Balaban J connectivity index is 2.92. The van der Waals surface area contributed by atoms with Crippen LogP contribution in [0, 0.1) is 0 Å². The smallest absolute Gasteiger partial charge is 0.282 e. The van der Waals surface area contributed by atoms with Gasteiger partial charge in [-0.3, -0.25) is 8.53 Å². The Kier molecular flexibility index (Phi) is 2.02. The molecule has 74 valence electrons. The molecule has 0 radical (unpaired) electrons. The first kappa shape index (κ1) is 9.50. The van der Waals surface area contributed by atoms with E-state index in [0.29, 0.717) is 5.52 Å². The van der Waals surface area contributed by atoms with Crippen LogP contribution in [0.1, 0.15) is 0 Å². The van der Waals surface area contributed by atoms with Crippen LogP contribution in [0.3, 0.4) is 0 Å². The van der Waals surface area contributed by atoms with Crippen LogP contribution in [-0.2, 0) is 10.1 Å². The highest BCUT2D eigenvalue weighted by atomic mass is 32.2.